The molecule has 1 fully saturated rings. The van der Waals surface area contributed by atoms with Gasteiger partial charge in [0.1, 0.15) is 0 Å². The van der Waals surface area contributed by atoms with Gasteiger partial charge in [-0.25, -0.2) is 0 Å². The minimum absolute atomic E-state index is 0. The SMILES string of the molecule is C=C[C@H](c1ccc(F)c([N+](=O)[O-])c1)N1CCNCC1.Cl.Cl. The van der Waals surface area contributed by atoms with E-state index in [1.54, 1.807) is 12.1 Å². The maximum Gasteiger partial charge on any atom is 0.305 e. The zero-order valence-electron chi connectivity index (χ0n) is 11.3. The van der Waals surface area contributed by atoms with Crippen LogP contribution in [0.1, 0.15) is 11.6 Å². The number of nitrogens with one attached hydrogen (secondary N) is 1. The fourth-order valence-corrected chi connectivity index (χ4v) is 2.31. The van der Waals surface area contributed by atoms with Crippen LogP contribution in [0.25, 0.3) is 0 Å². The summed E-state index contributed by atoms with van der Waals surface area (Å²) in [6.45, 7) is 7.19. The first-order valence-corrected chi connectivity index (χ1v) is 6.14. The summed E-state index contributed by atoms with van der Waals surface area (Å²) < 4.78 is 13.3. The molecule has 0 radical (unpaired) electrons. The first-order chi connectivity index (χ1) is 9.13. The van der Waals surface area contributed by atoms with E-state index in [0.29, 0.717) is 5.56 Å². The number of hydrogen-bond donors (Lipinski definition) is 1. The van der Waals surface area contributed by atoms with Gasteiger partial charge in [0, 0.05) is 32.2 Å². The van der Waals surface area contributed by atoms with Gasteiger partial charge in [0.15, 0.2) is 0 Å². The van der Waals surface area contributed by atoms with E-state index in [1.807, 2.05) is 0 Å². The van der Waals surface area contributed by atoms with Gasteiger partial charge in [-0.3, -0.25) is 15.0 Å². The van der Waals surface area contributed by atoms with Crippen molar-refractivity contribution < 1.29 is 9.31 Å². The molecule has 1 atom stereocenters. The molecule has 1 aromatic carbocycles. The Hall–Kier alpha value is -1.21. The molecule has 0 spiro atoms. The van der Waals surface area contributed by atoms with Crippen LogP contribution in [0, 0.1) is 15.9 Å². The van der Waals surface area contributed by atoms with Gasteiger partial charge in [-0.15, -0.1) is 31.4 Å². The lowest BCUT2D eigenvalue weighted by molar-refractivity contribution is -0.387. The van der Waals surface area contributed by atoms with Crippen molar-refractivity contribution in [1.82, 2.24) is 10.2 Å². The number of nitro benzene ring substituents is 1. The molecule has 2 rings (SSSR count). The zero-order valence-corrected chi connectivity index (χ0v) is 13.0. The number of nitro groups is 1. The quantitative estimate of drug-likeness (QED) is 0.521. The lowest BCUT2D eigenvalue weighted by atomic mass is 10.0. The van der Waals surface area contributed by atoms with E-state index in [1.165, 1.54) is 6.07 Å². The van der Waals surface area contributed by atoms with Gasteiger partial charge in [0.25, 0.3) is 0 Å². The maximum absolute atomic E-state index is 13.3. The van der Waals surface area contributed by atoms with E-state index in [4.69, 9.17) is 0 Å². The first kappa shape index (κ1) is 19.8. The van der Waals surface area contributed by atoms with Gasteiger partial charge < -0.3 is 5.32 Å². The highest BCUT2D eigenvalue weighted by molar-refractivity contribution is 5.85. The molecule has 1 saturated heterocycles. The molecule has 0 aliphatic carbocycles. The van der Waals surface area contributed by atoms with Crippen LogP contribution in [0.4, 0.5) is 10.1 Å². The van der Waals surface area contributed by atoms with Crippen LogP contribution in [-0.4, -0.2) is 36.0 Å². The highest BCUT2D eigenvalue weighted by atomic mass is 35.5. The topological polar surface area (TPSA) is 58.4 Å². The molecule has 118 valence electrons. The van der Waals surface area contributed by atoms with Crippen LogP contribution in [0.3, 0.4) is 0 Å². The molecule has 1 aliphatic rings. The lowest BCUT2D eigenvalue weighted by Crippen LogP contribution is -2.44. The molecule has 1 aromatic rings. The van der Waals surface area contributed by atoms with Crippen LogP contribution in [0.5, 0.6) is 0 Å². The number of nitrogens with zero attached hydrogens (tertiary/aromatic N) is 2. The number of rotatable bonds is 4. The van der Waals surface area contributed by atoms with Crippen molar-refractivity contribution in [3.05, 3.63) is 52.3 Å². The summed E-state index contributed by atoms with van der Waals surface area (Å²) >= 11 is 0. The molecule has 1 aliphatic heterocycles. The third-order valence-corrected chi connectivity index (χ3v) is 3.28. The molecule has 1 N–H and O–H groups in total. The highest BCUT2D eigenvalue weighted by Crippen LogP contribution is 2.27. The summed E-state index contributed by atoms with van der Waals surface area (Å²) in [4.78, 5) is 12.2. The fourth-order valence-electron chi connectivity index (χ4n) is 2.31. The van der Waals surface area contributed by atoms with Crippen LogP contribution in [0.2, 0.25) is 0 Å². The predicted molar refractivity (Wildman–Crippen MR) is 84.9 cm³/mol. The second-order valence-electron chi connectivity index (χ2n) is 4.43. The van der Waals surface area contributed by atoms with E-state index in [9.17, 15) is 14.5 Å². The van der Waals surface area contributed by atoms with Gasteiger partial charge in [0.2, 0.25) is 5.82 Å². The molecule has 1 heterocycles. The van der Waals surface area contributed by atoms with E-state index >= 15 is 0 Å². The van der Waals surface area contributed by atoms with Gasteiger partial charge in [0.05, 0.1) is 11.0 Å². The Balaban J connectivity index is 0.00000200. The summed E-state index contributed by atoms with van der Waals surface area (Å²) in [5, 5.41) is 14.0. The van der Waals surface area contributed by atoms with Crippen LogP contribution in [-0.2, 0) is 0 Å². The summed E-state index contributed by atoms with van der Waals surface area (Å²) in [6, 6.07) is 3.90. The van der Waals surface area contributed by atoms with Crippen molar-refractivity contribution in [1.29, 1.82) is 0 Å². The summed E-state index contributed by atoms with van der Waals surface area (Å²) in [6.07, 6.45) is 1.74. The minimum Gasteiger partial charge on any atom is -0.314 e. The monoisotopic (exact) mass is 337 g/mol. The molecule has 0 saturated carbocycles. The lowest BCUT2D eigenvalue weighted by Gasteiger charge is -2.33. The molecule has 0 bridgehead atoms. The van der Waals surface area contributed by atoms with E-state index in [2.05, 4.69) is 16.8 Å². The Morgan fingerprint density at radius 2 is 2.00 bits per heavy atom. The number of hydrogen-bond acceptors (Lipinski definition) is 4. The Morgan fingerprint density at radius 3 is 2.52 bits per heavy atom. The van der Waals surface area contributed by atoms with Crippen molar-refractivity contribution in [2.24, 2.45) is 0 Å². The van der Waals surface area contributed by atoms with Crippen molar-refractivity contribution in [3.63, 3.8) is 0 Å². The molecule has 5 nitrogen and oxygen atoms in total. The summed E-state index contributed by atoms with van der Waals surface area (Å²) in [7, 11) is 0. The largest absolute Gasteiger partial charge is 0.314 e. The summed E-state index contributed by atoms with van der Waals surface area (Å²) in [5.41, 5.74) is 0.212. The molecule has 0 amide bonds. The van der Waals surface area contributed by atoms with E-state index in [-0.39, 0.29) is 30.9 Å². The van der Waals surface area contributed by atoms with Crippen molar-refractivity contribution >= 4 is 30.5 Å². The van der Waals surface area contributed by atoms with Gasteiger partial charge in [-0.2, -0.15) is 4.39 Å². The van der Waals surface area contributed by atoms with Crippen molar-refractivity contribution in [3.8, 4) is 0 Å². The third-order valence-electron chi connectivity index (χ3n) is 3.28. The fraction of sp³-hybridized carbons (Fsp3) is 0.385. The molecular weight excluding hydrogens is 320 g/mol. The second kappa shape index (κ2) is 8.94. The van der Waals surface area contributed by atoms with Gasteiger partial charge >= 0.3 is 5.69 Å². The Bertz CT molecular complexity index is 496. The Morgan fingerprint density at radius 1 is 1.38 bits per heavy atom. The van der Waals surface area contributed by atoms with Crippen molar-refractivity contribution in [2.45, 2.75) is 6.04 Å². The van der Waals surface area contributed by atoms with E-state index < -0.39 is 16.4 Å². The average Bonchev–Trinajstić information content (AvgIpc) is 2.42. The minimum atomic E-state index is -0.808. The zero-order chi connectivity index (χ0) is 13.8. The first-order valence-electron chi connectivity index (χ1n) is 6.14. The van der Waals surface area contributed by atoms with Crippen LogP contribution < -0.4 is 5.32 Å². The Labute approximate surface area is 135 Å². The second-order valence-corrected chi connectivity index (χ2v) is 4.43. The molecule has 21 heavy (non-hydrogen) atoms. The number of piperazine rings is 1. The van der Waals surface area contributed by atoms with Gasteiger partial charge in [-0.1, -0.05) is 12.1 Å². The van der Waals surface area contributed by atoms with Gasteiger partial charge in [-0.05, 0) is 11.6 Å². The standard InChI is InChI=1S/C13H16FN3O2.2ClH/c1-2-12(16-7-5-15-6-8-16)10-3-4-11(14)13(9-10)17(18)19;;/h2-4,9,12,15H,1,5-8H2;2*1H/t12-;;/m1../s1. The molecular formula is C13H18Cl2FN3O2. The predicted octanol–water partition coefficient (Wildman–Crippen LogP) is 2.71. The van der Waals surface area contributed by atoms with Crippen LogP contribution in [0.15, 0.2) is 30.9 Å². The molecule has 0 unspecified atom stereocenters. The number of halogens is 3. The third kappa shape index (κ3) is 4.64. The smallest absolute Gasteiger partial charge is 0.305 e. The molecule has 8 heteroatoms. The average molecular weight is 338 g/mol. The highest BCUT2D eigenvalue weighted by Gasteiger charge is 2.22. The van der Waals surface area contributed by atoms with Crippen LogP contribution >= 0.6 is 24.8 Å². The number of benzene rings is 1. The summed E-state index contributed by atoms with van der Waals surface area (Å²) in [5.74, 6) is -0.808. The van der Waals surface area contributed by atoms with E-state index in [0.717, 1.165) is 32.2 Å². The Kier molecular flexibility index (Phi) is 8.43. The normalized spacial score (nSPS) is 16.2. The molecule has 0 aromatic heterocycles. The maximum atomic E-state index is 13.3. The van der Waals surface area contributed by atoms with Crippen molar-refractivity contribution in [2.75, 3.05) is 26.2 Å².